The van der Waals surface area contributed by atoms with Crippen LogP contribution in [-0.4, -0.2) is 33.4 Å². The minimum atomic E-state index is -0.494. The second-order valence-electron chi connectivity index (χ2n) is 9.89. The summed E-state index contributed by atoms with van der Waals surface area (Å²) in [4.78, 5) is 13.7. The van der Waals surface area contributed by atoms with Crippen LogP contribution in [-0.2, 0) is 12.8 Å². The minimum Gasteiger partial charge on any atom is -0.394 e. The number of aliphatic hydroxyl groups is 1. The van der Waals surface area contributed by atoms with E-state index in [4.69, 9.17) is 39.9 Å². The molecule has 0 saturated carbocycles. The van der Waals surface area contributed by atoms with Crippen LogP contribution in [0.1, 0.15) is 65.3 Å². The van der Waals surface area contributed by atoms with E-state index in [9.17, 15) is 9.90 Å². The lowest BCUT2D eigenvalue weighted by molar-refractivity contribution is 0.0920. The summed E-state index contributed by atoms with van der Waals surface area (Å²) >= 11 is 19.2. The fourth-order valence-corrected chi connectivity index (χ4v) is 6.18. The van der Waals surface area contributed by atoms with E-state index in [1.807, 2.05) is 35.0 Å². The summed E-state index contributed by atoms with van der Waals surface area (Å²) in [6, 6.07) is 12.7. The molecule has 1 amide bonds. The maximum absolute atomic E-state index is 13.7. The molecule has 1 aromatic heterocycles. The van der Waals surface area contributed by atoms with Gasteiger partial charge in [0.05, 0.1) is 29.1 Å². The van der Waals surface area contributed by atoms with Crippen molar-refractivity contribution in [3.8, 4) is 5.69 Å². The van der Waals surface area contributed by atoms with Gasteiger partial charge in [0.2, 0.25) is 0 Å². The fraction of sp³-hybridized carbons (Fsp3) is 0.333. The molecular weight excluding hydrogens is 541 g/mol. The molecule has 0 saturated heterocycles. The van der Waals surface area contributed by atoms with Gasteiger partial charge in [-0.05, 0) is 80.0 Å². The van der Waals surface area contributed by atoms with Crippen LogP contribution in [0.3, 0.4) is 0 Å². The molecule has 2 atom stereocenters. The average molecular weight is 571 g/mol. The summed E-state index contributed by atoms with van der Waals surface area (Å²) < 4.78 is 1.83. The summed E-state index contributed by atoms with van der Waals surface area (Å²) in [6.07, 6.45) is 12.4. The Labute approximate surface area is 238 Å². The number of benzene rings is 2. The van der Waals surface area contributed by atoms with E-state index in [0.717, 1.165) is 67.3 Å². The van der Waals surface area contributed by atoms with Crippen LogP contribution in [0.15, 0.2) is 66.3 Å². The fourth-order valence-electron chi connectivity index (χ4n) is 5.48. The van der Waals surface area contributed by atoms with Crippen molar-refractivity contribution in [2.75, 3.05) is 6.61 Å². The van der Waals surface area contributed by atoms with Gasteiger partial charge in [0.25, 0.3) is 5.91 Å². The Morgan fingerprint density at radius 3 is 2.68 bits per heavy atom. The van der Waals surface area contributed by atoms with Crippen LogP contribution in [0.25, 0.3) is 5.69 Å². The molecule has 8 heteroatoms. The van der Waals surface area contributed by atoms with Gasteiger partial charge in [0.15, 0.2) is 5.69 Å². The smallest absolute Gasteiger partial charge is 0.272 e. The van der Waals surface area contributed by atoms with E-state index in [2.05, 4.69) is 23.5 Å². The summed E-state index contributed by atoms with van der Waals surface area (Å²) in [5.74, 6) is -0.184. The van der Waals surface area contributed by atoms with Crippen LogP contribution in [0.5, 0.6) is 0 Å². The third-order valence-corrected chi connectivity index (χ3v) is 8.05. The van der Waals surface area contributed by atoms with Crippen molar-refractivity contribution >= 4 is 40.7 Å². The standard InChI is InChI=1S/C30H30Cl3N3O2/c31-22-11-6-7-19(16-22)15-21-10-4-5-12-24-28(30(38)34-26(18-37)20-8-2-1-3-9-20)35-36(29(21)24)27-14-13-23(32)17-25(27)33/h2,6-9,11,13-14,16-17,21,26,37H,1,3-5,10,12,15,18H2,(H,34,38)/t21-,26+/m0/s1. The van der Waals surface area contributed by atoms with Crippen molar-refractivity contribution in [2.45, 2.75) is 56.9 Å². The van der Waals surface area contributed by atoms with Crippen LogP contribution in [0, 0.1) is 0 Å². The van der Waals surface area contributed by atoms with Gasteiger partial charge in [-0.25, -0.2) is 4.68 Å². The number of amides is 1. The minimum absolute atomic E-state index is 0.115. The lowest BCUT2D eigenvalue weighted by Gasteiger charge is -2.20. The lowest BCUT2D eigenvalue weighted by atomic mass is 9.90. The molecule has 198 valence electrons. The zero-order valence-electron chi connectivity index (χ0n) is 21.0. The van der Waals surface area contributed by atoms with Crippen molar-refractivity contribution < 1.29 is 9.90 Å². The van der Waals surface area contributed by atoms with Gasteiger partial charge >= 0.3 is 0 Å². The maximum Gasteiger partial charge on any atom is 0.272 e. The van der Waals surface area contributed by atoms with E-state index in [-0.39, 0.29) is 18.4 Å². The maximum atomic E-state index is 13.7. The molecule has 0 radical (unpaired) electrons. The van der Waals surface area contributed by atoms with Gasteiger partial charge < -0.3 is 10.4 Å². The molecular formula is C30H30Cl3N3O2. The van der Waals surface area contributed by atoms with Gasteiger partial charge in [-0.1, -0.05) is 71.6 Å². The summed E-state index contributed by atoms with van der Waals surface area (Å²) in [5, 5.41) is 19.7. The Hall–Kier alpha value is -2.57. The number of carbonyl (C=O) groups excluding carboxylic acids is 1. The first-order valence-corrected chi connectivity index (χ1v) is 14.2. The normalized spacial score (nSPS) is 17.9. The van der Waals surface area contributed by atoms with Gasteiger partial charge in [0, 0.05) is 21.5 Å². The lowest BCUT2D eigenvalue weighted by Crippen LogP contribution is -2.39. The average Bonchev–Trinajstić information content (AvgIpc) is 3.16. The van der Waals surface area contributed by atoms with E-state index in [1.165, 1.54) is 0 Å². The van der Waals surface area contributed by atoms with Crippen molar-refractivity contribution in [3.05, 3.63) is 104 Å². The van der Waals surface area contributed by atoms with Crippen molar-refractivity contribution in [3.63, 3.8) is 0 Å². The largest absolute Gasteiger partial charge is 0.394 e. The number of aliphatic hydroxyl groups excluding tert-OH is 1. The predicted octanol–water partition coefficient (Wildman–Crippen LogP) is 7.25. The number of hydrogen-bond acceptors (Lipinski definition) is 3. The number of halogens is 3. The number of rotatable bonds is 7. The Morgan fingerprint density at radius 1 is 1.11 bits per heavy atom. The Bertz CT molecular complexity index is 1400. The highest BCUT2D eigenvalue weighted by Crippen LogP contribution is 2.38. The number of aromatic nitrogens is 2. The highest BCUT2D eigenvalue weighted by atomic mass is 35.5. The van der Waals surface area contributed by atoms with Gasteiger partial charge in [-0.3, -0.25) is 4.79 Å². The molecule has 1 heterocycles. The monoisotopic (exact) mass is 569 g/mol. The molecule has 2 aliphatic rings. The molecule has 0 aliphatic heterocycles. The summed E-state index contributed by atoms with van der Waals surface area (Å²) in [7, 11) is 0. The zero-order chi connectivity index (χ0) is 26.6. The molecule has 0 unspecified atom stereocenters. The van der Waals surface area contributed by atoms with E-state index in [0.29, 0.717) is 26.4 Å². The molecule has 2 aliphatic carbocycles. The third kappa shape index (κ3) is 5.86. The first kappa shape index (κ1) is 27.0. The molecule has 3 aromatic rings. The zero-order valence-corrected chi connectivity index (χ0v) is 23.2. The number of nitrogens with one attached hydrogen (secondary N) is 1. The van der Waals surface area contributed by atoms with Crippen LogP contribution in [0.4, 0.5) is 0 Å². The molecule has 38 heavy (non-hydrogen) atoms. The van der Waals surface area contributed by atoms with Crippen LogP contribution >= 0.6 is 34.8 Å². The number of allylic oxidation sites excluding steroid dienone is 2. The first-order chi connectivity index (χ1) is 18.4. The predicted molar refractivity (Wildman–Crippen MR) is 154 cm³/mol. The quantitative estimate of drug-likeness (QED) is 0.294. The second-order valence-corrected chi connectivity index (χ2v) is 11.2. The Kier molecular flexibility index (Phi) is 8.59. The van der Waals surface area contributed by atoms with Crippen LogP contribution < -0.4 is 5.32 Å². The van der Waals surface area contributed by atoms with Crippen molar-refractivity contribution in [1.29, 1.82) is 0 Å². The summed E-state index contributed by atoms with van der Waals surface area (Å²) in [6.45, 7) is -0.189. The number of carbonyl (C=O) groups is 1. The number of hydrogen-bond donors (Lipinski definition) is 2. The topological polar surface area (TPSA) is 67.2 Å². The van der Waals surface area contributed by atoms with Crippen molar-refractivity contribution in [2.24, 2.45) is 0 Å². The molecule has 0 spiro atoms. The van der Waals surface area contributed by atoms with E-state index in [1.54, 1.807) is 12.1 Å². The highest BCUT2D eigenvalue weighted by Gasteiger charge is 2.32. The second kappa shape index (κ2) is 12.1. The SMILES string of the molecule is O=C(N[C@H](CO)C1=CCCC=C1)c1nn(-c2ccc(Cl)cc2Cl)c2c1CCCC[C@H]2Cc1cccc(Cl)c1. The van der Waals surface area contributed by atoms with Crippen LogP contribution in [0.2, 0.25) is 15.1 Å². The molecule has 5 nitrogen and oxygen atoms in total. The van der Waals surface area contributed by atoms with Crippen molar-refractivity contribution in [1.82, 2.24) is 15.1 Å². The first-order valence-electron chi connectivity index (χ1n) is 13.0. The molecule has 5 rings (SSSR count). The Balaban J connectivity index is 1.59. The molecule has 2 N–H and O–H groups in total. The number of fused-ring (bicyclic) bond motifs is 1. The van der Waals surface area contributed by atoms with Gasteiger partial charge in [0.1, 0.15) is 0 Å². The van der Waals surface area contributed by atoms with Gasteiger partial charge in [-0.2, -0.15) is 5.10 Å². The van der Waals surface area contributed by atoms with E-state index < -0.39 is 6.04 Å². The summed E-state index contributed by atoms with van der Waals surface area (Å²) in [5.41, 5.74) is 5.03. The molecule has 0 fully saturated rings. The highest BCUT2D eigenvalue weighted by molar-refractivity contribution is 6.35. The molecule has 0 bridgehead atoms. The van der Waals surface area contributed by atoms with Gasteiger partial charge in [-0.15, -0.1) is 0 Å². The number of nitrogens with zero attached hydrogens (tertiary/aromatic N) is 2. The Morgan fingerprint density at radius 2 is 1.95 bits per heavy atom. The molecule has 2 aromatic carbocycles. The van der Waals surface area contributed by atoms with E-state index >= 15 is 0 Å². The third-order valence-electron chi connectivity index (χ3n) is 7.28.